The molecule has 0 aromatic carbocycles. The summed E-state index contributed by atoms with van der Waals surface area (Å²) < 4.78 is 133. The van der Waals surface area contributed by atoms with Crippen molar-refractivity contribution < 1.29 is 56.2 Å². The van der Waals surface area contributed by atoms with Crippen LogP contribution in [0.2, 0.25) is 0 Å². The van der Waals surface area contributed by atoms with Crippen LogP contribution in [0, 0.1) is 0 Å². The van der Waals surface area contributed by atoms with Gasteiger partial charge in [0.2, 0.25) is 11.6 Å². The highest BCUT2D eigenvalue weighted by atomic mass is 19.4. The van der Waals surface area contributed by atoms with Gasteiger partial charge in [0.15, 0.2) is 0 Å². The van der Waals surface area contributed by atoms with Gasteiger partial charge in [-0.05, 0) is 0 Å². The maximum Gasteiger partial charge on any atom is 0.460 e. The monoisotopic (exact) mass is 310 g/mol. The minimum Gasteiger partial charge on any atom is -0.292 e. The molecule has 0 rings (SSSR count). The Morgan fingerprint density at radius 3 is 1.42 bits per heavy atom. The number of Topliss-reactive ketones (excluding diaryl/α,β-unsaturated/α-hetero) is 2. The van der Waals surface area contributed by atoms with Crippen LogP contribution < -0.4 is 0 Å². The summed E-state index contributed by atoms with van der Waals surface area (Å²) in [6.07, 6.45) is -18.6. The quantitative estimate of drug-likeness (QED) is 0.591. The molecule has 0 bridgehead atoms. The number of carbonyl (C=O) groups excluding carboxylic acids is 2. The summed E-state index contributed by atoms with van der Waals surface area (Å²) in [5.41, 5.74) is 0. The summed E-state index contributed by atoms with van der Waals surface area (Å²) in [6.45, 7) is 0. The molecule has 0 aliphatic rings. The molecule has 0 fully saturated rings. The Morgan fingerprint density at radius 2 is 1.16 bits per heavy atom. The first kappa shape index (κ1) is 14.1. The van der Waals surface area contributed by atoms with Crippen LogP contribution in [0.4, 0.5) is 43.9 Å². The Kier molecular flexibility index (Phi) is 3.43. The highest BCUT2D eigenvalue weighted by molar-refractivity contribution is 6.04. The van der Waals surface area contributed by atoms with E-state index in [1.54, 1.807) is 0 Å². The van der Waals surface area contributed by atoms with Crippen molar-refractivity contribution in [1.82, 2.24) is 0 Å². The molecule has 0 heterocycles. The van der Waals surface area contributed by atoms with Crippen molar-refractivity contribution in [3.05, 3.63) is 0 Å². The third-order valence-corrected chi connectivity index (χ3v) is 1.52. The van der Waals surface area contributed by atoms with E-state index in [9.17, 15) is 53.5 Å². The average molecular weight is 310 g/mol. The van der Waals surface area contributed by atoms with E-state index in [1.807, 2.05) is 0 Å². The van der Waals surface area contributed by atoms with Gasteiger partial charge in [0, 0.05) is 2.74 Å². The second kappa shape index (κ2) is 4.63. The SMILES string of the molecule is [2H]C([2H])(C(=O)C(F)(F)F)C(=O)C(F)(F)C(F)(F)C(F)(F)F. The van der Waals surface area contributed by atoms with Gasteiger partial charge in [-0.25, -0.2) is 0 Å². The molecule has 12 heteroatoms. The lowest BCUT2D eigenvalue weighted by atomic mass is 10.0. The zero-order chi connectivity index (χ0) is 17.7. The second-order valence-corrected chi connectivity index (χ2v) is 2.93. The number of halogens is 10. The van der Waals surface area contributed by atoms with E-state index >= 15 is 0 Å². The lowest BCUT2D eigenvalue weighted by Gasteiger charge is -2.26. The van der Waals surface area contributed by atoms with Crippen LogP contribution >= 0.6 is 0 Å². The van der Waals surface area contributed by atoms with Crippen LogP contribution in [0.5, 0.6) is 0 Å². The van der Waals surface area contributed by atoms with Gasteiger partial charge in [-0.1, -0.05) is 0 Å². The normalized spacial score (nSPS) is 16.7. The Morgan fingerprint density at radius 1 is 0.789 bits per heavy atom. The first-order valence-corrected chi connectivity index (χ1v) is 3.80. The van der Waals surface area contributed by atoms with E-state index in [1.165, 1.54) is 0 Å². The fourth-order valence-corrected chi connectivity index (χ4v) is 0.573. The minimum atomic E-state index is -7.17. The molecule has 0 saturated heterocycles. The number of carbonyl (C=O) groups is 2. The third-order valence-electron chi connectivity index (χ3n) is 1.52. The Bertz CT molecular complexity index is 449. The Hall–Kier alpha value is -1.36. The van der Waals surface area contributed by atoms with Gasteiger partial charge in [0.1, 0.15) is 0 Å². The van der Waals surface area contributed by atoms with Gasteiger partial charge in [0.05, 0.1) is 6.37 Å². The summed E-state index contributed by atoms with van der Waals surface area (Å²) in [4.78, 5) is 21.0. The number of ketones is 2. The Labute approximate surface area is 99.7 Å². The number of rotatable bonds is 4. The summed E-state index contributed by atoms with van der Waals surface area (Å²) in [5.74, 6) is -22.1. The molecule has 0 unspecified atom stereocenters. The van der Waals surface area contributed by atoms with Crippen molar-refractivity contribution in [2.24, 2.45) is 0 Å². The van der Waals surface area contributed by atoms with Gasteiger partial charge in [-0.3, -0.25) is 9.59 Å². The maximum atomic E-state index is 12.8. The molecule has 2 nitrogen and oxygen atoms in total. The second-order valence-electron chi connectivity index (χ2n) is 2.93. The molecule has 0 atom stereocenters. The van der Waals surface area contributed by atoms with Gasteiger partial charge in [-0.2, -0.15) is 43.9 Å². The molecule has 112 valence electrons. The molecule has 19 heavy (non-hydrogen) atoms. The molecule has 0 spiro atoms. The standard InChI is InChI=1S/C7H2F10O2/c8-4(9,6(13,14)7(15,16)17)2(18)1-3(19)5(10,11)12/h1H2/i1D2. The molecule has 0 aliphatic heterocycles. The predicted molar refractivity (Wildman–Crippen MR) is 36.6 cm³/mol. The van der Waals surface area contributed by atoms with Crippen LogP contribution in [0.15, 0.2) is 0 Å². The summed E-state index contributed by atoms with van der Waals surface area (Å²) >= 11 is 0. The summed E-state index contributed by atoms with van der Waals surface area (Å²) in [6, 6.07) is 0. The molecule has 0 radical (unpaired) electrons. The number of hydrogen-bond acceptors (Lipinski definition) is 2. The first-order chi connectivity index (χ1) is 8.81. The zero-order valence-electron chi connectivity index (χ0n) is 10.1. The average Bonchev–Trinajstić information content (AvgIpc) is 2.23. The fourth-order valence-electron chi connectivity index (χ4n) is 0.573. The van der Waals surface area contributed by atoms with E-state index < -0.39 is 42.1 Å². The van der Waals surface area contributed by atoms with Crippen LogP contribution in [0.3, 0.4) is 0 Å². The van der Waals surface area contributed by atoms with Gasteiger partial charge >= 0.3 is 24.2 Å². The van der Waals surface area contributed by atoms with E-state index in [-0.39, 0.29) is 0 Å². The van der Waals surface area contributed by atoms with E-state index in [4.69, 9.17) is 2.74 Å². The van der Waals surface area contributed by atoms with Gasteiger partial charge in [0.25, 0.3) is 0 Å². The summed E-state index contributed by atoms with van der Waals surface area (Å²) in [5, 5.41) is 0. The topological polar surface area (TPSA) is 34.1 Å². The smallest absolute Gasteiger partial charge is 0.292 e. The number of hydrogen-bond donors (Lipinski definition) is 0. The lowest BCUT2D eigenvalue weighted by molar-refractivity contribution is -0.343. The van der Waals surface area contributed by atoms with E-state index in [0.29, 0.717) is 0 Å². The number of alkyl halides is 10. The maximum absolute atomic E-state index is 12.8. The summed E-state index contributed by atoms with van der Waals surface area (Å²) in [7, 11) is 0. The minimum absolute atomic E-state index is 3.84. The van der Waals surface area contributed by atoms with Gasteiger partial charge < -0.3 is 0 Å². The highest BCUT2D eigenvalue weighted by Crippen LogP contribution is 2.47. The first-order valence-electron chi connectivity index (χ1n) is 4.80. The van der Waals surface area contributed by atoms with E-state index in [0.717, 1.165) is 0 Å². The van der Waals surface area contributed by atoms with Crippen molar-refractivity contribution in [2.45, 2.75) is 30.6 Å². The van der Waals surface area contributed by atoms with Crippen molar-refractivity contribution in [3.8, 4) is 0 Å². The fraction of sp³-hybridized carbons (Fsp3) is 0.714. The molecular formula is C7H2F10O2. The van der Waals surface area contributed by atoms with Crippen LogP contribution in [0.1, 0.15) is 9.11 Å². The third kappa shape index (κ3) is 3.35. The van der Waals surface area contributed by atoms with Crippen molar-refractivity contribution >= 4 is 11.6 Å². The molecule has 0 N–H and O–H groups in total. The molecule has 0 aromatic heterocycles. The largest absolute Gasteiger partial charge is 0.460 e. The van der Waals surface area contributed by atoms with Crippen LogP contribution in [0.25, 0.3) is 0 Å². The Balaban J connectivity index is 5.87. The molecule has 0 aliphatic carbocycles. The molecular weight excluding hydrogens is 306 g/mol. The molecule has 0 saturated carbocycles. The molecule has 0 amide bonds. The molecule has 0 aromatic rings. The van der Waals surface area contributed by atoms with Crippen molar-refractivity contribution in [1.29, 1.82) is 0 Å². The van der Waals surface area contributed by atoms with Crippen LogP contribution in [-0.2, 0) is 9.59 Å². The van der Waals surface area contributed by atoms with Gasteiger partial charge in [-0.15, -0.1) is 0 Å². The lowest BCUT2D eigenvalue weighted by Crippen LogP contribution is -2.56. The van der Waals surface area contributed by atoms with Crippen LogP contribution in [-0.4, -0.2) is 35.8 Å². The highest BCUT2D eigenvalue weighted by Gasteiger charge is 2.76. The van der Waals surface area contributed by atoms with E-state index in [2.05, 4.69) is 0 Å². The van der Waals surface area contributed by atoms with Crippen molar-refractivity contribution in [2.75, 3.05) is 0 Å². The predicted octanol–water partition coefficient (Wildman–Crippen LogP) is 2.91. The zero-order valence-corrected chi connectivity index (χ0v) is 8.10. The van der Waals surface area contributed by atoms with Crippen molar-refractivity contribution in [3.63, 3.8) is 0 Å².